The highest BCUT2D eigenvalue weighted by molar-refractivity contribution is 9.10. The molecule has 2 aromatic carbocycles. The van der Waals surface area contributed by atoms with Crippen LogP contribution in [0.15, 0.2) is 46.9 Å². The molecule has 1 N–H and O–H groups in total. The van der Waals surface area contributed by atoms with Gasteiger partial charge in [0.25, 0.3) is 0 Å². The number of benzene rings is 2. The average molecular weight is 378 g/mol. The number of halogens is 1. The lowest BCUT2D eigenvalue weighted by molar-refractivity contribution is 0.282. The van der Waals surface area contributed by atoms with Crippen molar-refractivity contribution >= 4 is 15.9 Å². The third-order valence-electron chi connectivity index (χ3n) is 3.34. The van der Waals surface area contributed by atoms with Gasteiger partial charge in [-0.15, -0.1) is 0 Å². The Morgan fingerprint density at radius 2 is 1.74 bits per heavy atom. The molecule has 0 aliphatic rings. The van der Waals surface area contributed by atoms with Crippen LogP contribution in [-0.2, 0) is 13.2 Å². The lowest BCUT2D eigenvalue weighted by Crippen LogP contribution is -2.35. The van der Waals surface area contributed by atoms with Gasteiger partial charge in [0.2, 0.25) is 0 Å². The van der Waals surface area contributed by atoms with Crippen molar-refractivity contribution in [3.05, 3.63) is 58.1 Å². The molecule has 0 bridgehead atoms. The Hall–Kier alpha value is -1.52. The second-order valence-electron chi connectivity index (χ2n) is 6.49. The van der Waals surface area contributed by atoms with Crippen molar-refractivity contribution in [1.29, 1.82) is 0 Å². The number of nitrogens with one attached hydrogen (secondary N) is 1. The first-order chi connectivity index (χ1) is 10.9. The number of methoxy groups -OCH3 is 1. The minimum absolute atomic E-state index is 0.0716. The topological polar surface area (TPSA) is 30.5 Å². The zero-order valence-corrected chi connectivity index (χ0v) is 15.7. The smallest absolute Gasteiger partial charge is 0.175 e. The molecule has 0 spiro atoms. The number of rotatable bonds is 6. The fourth-order valence-corrected chi connectivity index (χ4v) is 2.72. The van der Waals surface area contributed by atoms with E-state index in [4.69, 9.17) is 9.47 Å². The molecular weight excluding hydrogens is 354 g/mol. The van der Waals surface area contributed by atoms with Gasteiger partial charge in [0.1, 0.15) is 6.61 Å². The first-order valence-electron chi connectivity index (χ1n) is 7.67. The van der Waals surface area contributed by atoms with Crippen LogP contribution >= 0.6 is 15.9 Å². The molecule has 0 atom stereocenters. The van der Waals surface area contributed by atoms with E-state index in [-0.39, 0.29) is 5.54 Å². The van der Waals surface area contributed by atoms with Crippen molar-refractivity contribution in [2.75, 3.05) is 7.11 Å². The van der Waals surface area contributed by atoms with E-state index in [0.29, 0.717) is 6.61 Å². The van der Waals surface area contributed by atoms with Gasteiger partial charge in [-0.05, 0) is 60.0 Å². The number of hydrogen-bond donors (Lipinski definition) is 1. The molecule has 0 radical (unpaired) electrons. The molecule has 2 rings (SSSR count). The standard InChI is InChI=1S/C19H24BrNO2/c1-19(2,3)21-12-15-10-16(20)18(17(11-15)22-4)23-13-14-8-6-5-7-9-14/h5-11,21H,12-13H2,1-4H3. The van der Waals surface area contributed by atoms with E-state index < -0.39 is 0 Å². The Bertz CT molecular complexity index is 636. The maximum absolute atomic E-state index is 5.95. The third-order valence-corrected chi connectivity index (χ3v) is 3.93. The first kappa shape index (κ1) is 17.8. The van der Waals surface area contributed by atoms with Gasteiger partial charge < -0.3 is 14.8 Å². The number of hydrogen-bond acceptors (Lipinski definition) is 3. The van der Waals surface area contributed by atoms with E-state index in [0.717, 1.165) is 33.6 Å². The van der Waals surface area contributed by atoms with Crippen LogP contribution in [-0.4, -0.2) is 12.6 Å². The van der Waals surface area contributed by atoms with Crippen molar-refractivity contribution < 1.29 is 9.47 Å². The van der Waals surface area contributed by atoms with E-state index in [1.54, 1.807) is 7.11 Å². The van der Waals surface area contributed by atoms with E-state index >= 15 is 0 Å². The minimum Gasteiger partial charge on any atom is -0.493 e. The SMILES string of the molecule is COc1cc(CNC(C)(C)C)cc(Br)c1OCc1ccccc1. The minimum atomic E-state index is 0.0716. The van der Waals surface area contributed by atoms with Crippen LogP contribution in [0.25, 0.3) is 0 Å². The predicted octanol–water partition coefficient (Wildman–Crippen LogP) is 4.92. The maximum Gasteiger partial charge on any atom is 0.175 e. The van der Waals surface area contributed by atoms with Crippen molar-refractivity contribution in [2.45, 2.75) is 39.5 Å². The van der Waals surface area contributed by atoms with Gasteiger partial charge >= 0.3 is 0 Å². The highest BCUT2D eigenvalue weighted by atomic mass is 79.9. The van der Waals surface area contributed by atoms with Crippen LogP contribution < -0.4 is 14.8 Å². The first-order valence-corrected chi connectivity index (χ1v) is 8.46. The normalized spacial score (nSPS) is 11.3. The van der Waals surface area contributed by atoms with Gasteiger partial charge in [-0.3, -0.25) is 0 Å². The van der Waals surface area contributed by atoms with Crippen molar-refractivity contribution in [3.63, 3.8) is 0 Å². The van der Waals surface area contributed by atoms with Gasteiger partial charge in [-0.1, -0.05) is 30.3 Å². The molecule has 0 aliphatic carbocycles. The average Bonchev–Trinajstić information content (AvgIpc) is 2.51. The molecule has 0 saturated heterocycles. The quantitative estimate of drug-likeness (QED) is 0.774. The fourth-order valence-electron chi connectivity index (χ4n) is 2.11. The summed E-state index contributed by atoms with van der Waals surface area (Å²) in [6.45, 7) is 7.73. The fraction of sp³-hybridized carbons (Fsp3) is 0.368. The molecule has 0 saturated carbocycles. The van der Waals surface area contributed by atoms with Crippen LogP contribution in [0.4, 0.5) is 0 Å². The molecule has 23 heavy (non-hydrogen) atoms. The van der Waals surface area contributed by atoms with Crippen LogP contribution in [0.5, 0.6) is 11.5 Å². The summed E-state index contributed by atoms with van der Waals surface area (Å²) < 4.78 is 12.4. The Balaban J connectivity index is 2.13. The Morgan fingerprint density at radius 1 is 1.04 bits per heavy atom. The molecule has 0 aromatic heterocycles. The summed E-state index contributed by atoms with van der Waals surface area (Å²) in [6.07, 6.45) is 0. The Labute approximate surface area is 147 Å². The van der Waals surface area contributed by atoms with Gasteiger partial charge in [-0.2, -0.15) is 0 Å². The third kappa shape index (κ3) is 5.56. The summed E-state index contributed by atoms with van der Waals surface area (Å²) in [4.78, 5) is 0. The van der Waals surface area contributed by atoms with E-state index in [2.05, 4.69) is 48.1 Å². The van der Waals surface area contributed by atoms with Crippen molar-refractivity contribution in [2.24, 2.45) is 0 Å². The molecule has 4 heteroatoms. The monoisotopic (exact) mass is 377 g/mol. The lowest BCUT2D eigenvalue weighted by Gasteiger charge is -2.21. The molecule has 2 aromatic rings. The molecule has 3 nitrogen and oxygen atoms in total. The van der Waals surface area contributed by atoms with Gasteiger partial charge in [0.05, 0.1) is 11.6 Å². The van der Waals surface area contributed by atoms with Gasteiger partial charge in [0.15, 0.2) is 11.5 Å². The molecule has 124 valence electrons. The number of ether oxygens (including phenoxy) is 2. The molecular formula is C19H24BrNO2. The molecule has 0 fully saturated rings. The van der Waals surface area contributed by atoms with Crippen molar-refractivity contribution in [1.82, 2.24) is 5.32 Å². The summed E-state index contributed by atoms with van der Waals surface area (Å²) in [6, 6.07) is 14.2. The van der Waals surface area contributed by atoms with Gasteiger partial charge in [0, 0.05) is 12.1 Å². The molecule has 0 heterocycles. The van der Waals surface area contributed by atoms with E-state index in [9.17, 15) is 0 Å². The summed E-state index contributed by atoms with van der Waals surface area (Å²) in [5.41, 5.74) is 2.35. The summed E-state index contributed by atoms with van der Waals surface area (Å²) >= 11 is 3.60. The Morgan fingerprint density at radius 3 is 2.35 bits per heavy atom. The zero-order chi connectivity index (χ0) is 16.9. The van der Waals surface area contributed by atoms with Crippen LogP contribution in [0, 0.1) is 0 Å². The van der Waals surface area contributed by atoms with Crippen molar-refractivity contribution in [3.8, 4) is 11.5 Å². The Kier molecular flexibility index (Phi) is 6.08. The molecule has 0 unspecified atom stereocenters. The van der Waals surface area contributed by atoms with Crippen LogP contribution in [0.3, 0.4) is 0 Å². The highest BCUT2D eigenvalue weighted by Gasteiger charge is 2.14. The second kappa shape index (κ2) is 7.84. The second-order valence-corrected chi connectivity index (χ2v) is 7.34. The van der Waals surface area contributed by atoms with Crippen LogP contribution in [0.2, 0.25) is 0 Å². The van der Waals surface area contributed by atoms with E-state index in [1.165, 1.54) is 0 Å². The summed E-state index contributed by atoms with van der Waals surface area (Å²) in [7, 11) is 1.66. The summed E-state index contributed by atoms with van der Waals surface area (Å²) in [5, 5.41) is 3.48. The lowest BCUT2D eigenvalue weighted by atomic mass is 10.1. The largest absolute Gasteiger partial charge is 0.493 e. The molecule has 0 aliphatic heterocycles. The zero-order valence-electron chi connectivity index (χ0n) is 14.2. The maximum atomic E-state index is 5.95. The summed E-state index contributed by atoms with van der Waals surface area (Å²) in [5.74, 6) is 1.47. The van der Waals surface area contributed by atoms with E-state index in [1.807, 2.05) is 36.4 Å². The van der Waals surface area contributed by atoms with Crippen LogP contribution in [0.1, 0.15) is 31.9 Å². The van der Waals surface area contributed by atoms with Gasteiger partial charge in [-0.25, -0.2) is 0 Å². The predicted molar refractivity (Wildman–Crippen MR) is 98.1 cm³/mol. The molecule has 0 amide bonds. The highest BCUT2D eigenvalue weighted by Crippen LogP contribution is 2.37.